The van der Waals surface area contributed by atoms with Crippen molar-refractivity contribution < 1.29 is 24.3 Å². The number of benzene rings is 1. The summed E-state index contributed by atoms with van der Waals surface area (Å²) >= 11 is 0. The number of hydrogen-bond donors (Lipinski definition) is 4. The van der Waals surface area contributed by atoms with Crippen LogP contribution in [0.5, 0.6) is 5.75 Å². The number of aromatic nitrogens is 2. The summed E-state index contributed by atoms with van der Waals surface area (Å²) in [6.07, 6.45) is 6.50. The number of anilines is 1. The highest BCUT2D eigenvalue weighted by Gasteiger charge is 2.31. The predicted octanol–water partition coefficient (Wildman–Crippen LogP) is 1.09. The van der Waals surface area contributed by atoms with Gasteiger partial charge < -0.3 is 25.3 Å². The molecule has 154 valence electrons. The van der Waals surface area contributed by atoms with Crippen LogP contribution in [0, 0.1) is 5.92 Å². The van der Waals surface area contributed by atoms with Crippen LogP contribution in [0.3, 0.4) is 0 Å². The summed E-state index contributed by atoms with van der Waals surface area (Å²) in [5.41, 5.74) is 0.910. The number of nitrogens with one attached hydrogen (secondary N) is 2. The minimum Gasteiger partial charge on any atom is -0.512 e. The first-order valence-corrected chi connectivity index (χ1v) is 9.66. The lowest BCUT2D eigenvalue weighted by molar-refractivity contribution is -0.119. The third-order valence-corrected chi connectivity index (χ3v) is 5.11. The maximum absolute atomic E-state index is 13.0. The lowest BCUT2D eigenvalue weighted by Gasteiger charge is -2.30. The third kappa shape index (κ3) is 5.58. The lowest BCUT2D eigenvalue weighted by Crippen LogP contribution is -2.49. The smallest absolute Gasteiger partial charge is 0.512 e. The molecule has 1 aromatic carbocycles. The van der Waals surface area contributed by atoms with Crippen molar-refractivity contribution in [3.63, 3.8) is 0 Å². The van der Waals surface area contributed by atoms with E-state index in [2.05, 4.69) is 15.7 Å². The molecule has 29 heavy (non-hydrogen) atoms. The van der Waals surface area contributed by atoms with E-state index < -0.39 is 13.4 Å². The fourth-order valence-electron chi connectivity index (χ4n) is 3.64. The summed E-state index contributed by atoms with van der Waals surface area (Å²) < 4.78 is 6.23. The Kier molecular flexibility index (Phi) is 6.89. The normalized spacial score (nSPS) is 15.4. The summed E-state index contributed by atoms with van der Waals surface area (Å²) in [6.45, 7) is 0. The van der Waals surface area contributed by atoms with Gasteiger partial charge in [0.1, 0.15) is 17.5 Å². The summed E-state index contributed by atoms with van der Waals surface area (Å²) in [4.78, 5) is 25.7. The molecule has 0 saturated heterocycles. The van der Waals surface area contributed by atoms with Gasteiger partial charge >= 0.3 is 7.32 Å². The average Bonchev–Trinajstić information content (AvgIpc) is 3.13. The van der Waals surface area contributed by atoms with Crippen molar-refractivity contribution in [3.8, 4) is 5.75 Å². The van der Waals surface area contributed by atoms with Gasteiger partial charge in [-0.2, -0.15) is 5.10 Å². The molecule has 10 heteroatoms. The van der Waals surface area contributed by atoms with Crippen molar-refractivity contribution in [3.05, 3.63) is 42.2 Å². The van der Waals surface area contributed by atoms with Crippen molar-refractivity contribution in [2.24, 2.45) is 13.0 Å². The molecule has 1 atom stereocenters. The highest BCUT2D eigenvalue weighted by Crippen LogP contribution is 2.27. The number of carbonyl (C=O) groups is 2. The van der Waals surface area contributed by atoms with Crippen LogP contribution in [0.25, 0.3) is 0 Å². The van der Waals surface area contributed by atoms with E-state index >= 15 is 0 Å². The maximum atomic E-state index is 13.0. The van der Waals surface area contributed by atoms with Crippen molar-refractivity contribution in [1.82, 2.24) is 15.1 Å². The first-order valence-electron chi connectivity index (χ1n) is 9.66. The van der Waals surface area contributed by atoms with Crippen LogP contribution < -0.4 is 15.3 Å². The van der Waals surface area contributed by atoms with Gasteiger partial charge in [0.25, 0.3) is 5.91 Å². The van der Waals surface area contributed by atoms with Gasteiger partial charge in [0.15, 0.2) is 0 Å². The van der Waals surface area contributed by atoms with Crippen molar-refractivity contribution in [2.45, 2.75) is 38.1 Å². The summed E-state index contributed by atoms with van der Waals surface area (Å²) in [7, 11) is -0.231. The minimum atomic E-state index is -1.91. The molecular formula is C19H25BN4O5. The number of aryl methyl sites for hydroxylation is 1. The molecule has 1 heterocycles. The minimum absolute atomic E-state index is 0.0630. The largest absolute Gasteiger partial charge is 0.707 e. The van der Waals surface area contributed by atoms with Crippen LogP contribution in [0.1, 0.15) is 42.6 Å². The molecule has 0 radical (unpaired) electrons. The predicted molar refractivity (Wildman–Crippen MR) is 107 cm³/mol. The number of amides is 2. The zero-order valence-electron chi connectivity index (χ0n) is 16.2. The molecule has 9 nitrogen and oxygen atoms in total. The van der Waals surface area contributed by atoms with Crippen molar-refractivity contribution in [2.75, 3.05) is 5.32 Å². The molecule has 0 aliphatic heterocycles. The van der Waals surface area contributed by atoms with E-state index in [0.29, 0.717) is 11.4 Å². The molecule has 0 bridgehead atoms. The lowest BCUT2D eigenvalue weighted by atomic mass is 9.83. The first kappa shape index (κ1) is 20.9. The van der Waals surface area contributed by atoms with Crippen LogP contribution >= 0.6 is 0 Å². The van der Waals surface area contributed by atoms with Crippen LogP contribution in [-0.2, 0) is 11.8 Å². The Balaban J connectivity index is 1.71. The first-order chi connectivity index (χ1) is 13.9. The molecule has 3 rings (SSSR count). The van der Waals surface area contributed by atoms with Crippen LogP contribution in [0.2, 0.25) is 0 Å². The summed E-state index contributed by atoms with van der Waals surface area (Å²) in [5, 5.41) is 27.4. The molecule has 1 saturated carbocycles. The monoisotopic (exact) mass is 400 g/mol. The zero-order valence-corrected chi connectivity index (χ0v) is 16.2. The van der Waals surface area contributed by atoms with Crippen LogP contribution in [0.15, 0.2) is 36.5 Å². The molecule has 0 unspecified atom stereocenters. The fraction of sp³-hybridized carbons (Fsp3) is 0.421. The molecule has 4 N–H and O–H groups in total. The van der Waals surface area contributed by atoms with E-state index in [4.69, 9.17) is 14.7 Å². The Labute approximate surface area is 169 Å². The number of nitrogens with zero attached hydrogens (tertiary/aromatic N) is 2. The second kappa shape index (κ2) is 9.57. The highest BCUT2D eigenvalue weighted by atomic mass is 16.6. The van der Waals surface area contributed by atoms with Crippen molar-refractivity contribution >= 4 is 24.8 Å². The average molecular weight is 400 g/mol. The summed E-state index contributed by atoms with van der Waals surface area (Å²) in [6, 6.07) is 7.16. The van der Waals surface area contributed by atoms with Crippen LogP contribution in [-0.4, -0.2) is 45.0 Å². The highest BCUT2D eigenvalue weighted by molar-refractivity contribution is 6.33. The van der Waals surface area contributed by atoms with Gasteiger partial charge in [-0.1, -0.05) is 19.3 Å². The Morgan fingerprint density at radius 2 is 1.86 bits per heavy atom. The molecule has 2 amide bonds. The van der Waals surface area contributed by atoms with Crippen LogP contribution in [0.4, 0.5) is 5.69 Å². The van der Waals surface area contributed by atoms with E-state index in [1.807, 2.05) is 0 Å². The molecule has 1 aliphatic carbocycles. The van der Waals surface area contributed by atoms with E-state index in [0.717, 1.165) is 32.1 Å². The second-order valence-electron chi connectivity index (χ2n) is 7.15. The van der Waals surface area contributed by atoms with Crippen molar-refractivity contribution in [1.29, 1.82) is 0 Å². The molecule has 1 fully saturated rings. The summed E-state index contributed by atoms with van der Waals surface area (Å²) in [5.74, 6) is -0.306. The number of rotatable bonds is 7. The zero-order chi connectivity index (χ0) is 20.8. The van der Waals surface area contributed by atoms with E-state index in [-0.39, 0.29) is 23.5 Å². The van der Waals surface area contributed by atoms with Gasteiger partial charge in [0.2, 0.25) is 5.91 Å². The molecule has 1 aliphatic rings. The second-order valence-corrected chi connectivity index (χ2v) is 7.15. The van der Waals surface area contributed by atoms with Gasteiger partial charge in [-0.25, -0.2) is 0 Å². The van der Waals surface area contributed by atoms with Gasteiger partial charge in [0.05, 0.1) is 0 Å². The molecule has 0 spiro atoms. The molecular weight excluding hydrogens is 375 g/mol. The molecule has 2 aromatic rings. The Morgan fingerprint density at radius 1 is 1.17 bits per heavy atom. The quantitative estimate of drug-likeness (QED) is 0.516. The van der Waals surface area contributed by atoms with Gasteiger partial charge in [-0.15, -0.1) is 0 Å². The van der Waals surface area contributed by atoms with E-state index in [1.165, 1.54) is 23.0 Å². The number of hydrogen-bond acceptors (Lipinski definition) is 6. The topological polar surface area (TPSA) is 126 Å². The van der Waals surface area contributed by atoms with Gasteiger partial charge in [-0.3, -0.25) is 14.3 Å². The third-order valence-electron chi connectivity index (χ3n) is 5.11. The molecule has 1 aromatic heterocycles. The van der Waals surface area contributed by atoms with E-state index in [1.54, 1.807) is 25.2 Å². The van der Waals surface area contributed by atoms with E-state index in [9.17, 15) is 9.59 Å². The standard InChI is InChI=1S/C19H25BN4O5/c1-24-16(11-12-21-24)18(25)23-17(13-5-3-2-4-6-13)19(26)22-14-7-9-15(10-8-14)29-20(27)28/h7-13,17,27-28H,2-6H2,1H3,(H,22,26)(H,23,25)/t17-/m0/s1. The Morgan fingerprint density at radius 3 is 2.45 bits per heavy atom. The SMILES string of the molecule is Cn1nccc1C(=O)N[C@H](C(=O)Nc1ccc(OB(O)O)cc1)C1CCCCC1. The van der Waals surface area contributed by atoms with Gasteiger partial charge in [0, 0.05) is 18.9 Å². The fourth-order valence-corrected chi connectivity index (χ4v) is 3.64. The Bertz CT molecular complexity index is 833. The number of carbonyl (C=O) groups excluding carboxylic acids is 2. The maximum Gasteiger partial charge on any atom is 0.707 e. The Hall–Kier alpha value is -2.85. The van der Waals surface area contributed by atoms with Gasteiger partial charge in [-0.05, 0) is 49.1 Å².